The average molecular weight is 372 g/mol. The Hall–Kier alpha value is -2.35. The third-order valence-electron chi connectivity index (χ3n) is 4.73. The zero-order valence-corrected chi connectivity index (χ0v) is 15.2. The number of hydrogen-bond acceptors (Lipinski definition) is 4. The first-order valence-electron chi connectivity index (χ1n) is 8.42. The smallest absolute Gasteiger partial charge is 0.240 e. The largest absolute Gasteiger partial charge is 0.493 e. The molecule has 0 aliphatic carbocycles. The van der Waals surface area contributed by atoms with Crippen LogP contribution in [0.2, 0.25) is 0 Å². The maximum absolute atomic E-state index is 12.5. The second-order valence-corrected chi connectivity index (χ2v) is 8.25. The van der Waals surface area contributed by atoms with Crippen molar-refractivity contribution in [3.05, 3.63) is 59.8 Å². The van der Waals surface area contributed by atoms with Gasteiger partial charge in [-0.1, -0.05) is 6.07 Å². The van der Waals surface area contributed by atoms with Crippen molar-refractivity contribution >= 4 is 20.9 Å². The molecule has 0 radical (unpaired) electrons. The quantitative estimate of drug-likeness (QED) is 0.719. The minimum Gasteiger partial charge on any atom is -0.493 e. The highest BCUT2D eigenvalue weighted by molar-refractivity contribution is 7.89. The molecule has 2 aromatic carbocycles. The number of rotatable bonds is 5. The van der Waals surface area contributed by atoms with Crippen LogP contribution in [0.15, 0.2) is 53.6 Å². The molecule has 0 saturated heterocycles. The Bertz CT molecular complexity index is 1070. The summed E-state index contributed by atoms with van der Waals surface area (Å²) in [7, 11) is -1.74. The van der Waals surface area contributed by atoms with Gasteiger partial charge in [0.1, 0.15) is 5.75 Å². The maximum Gasteiger partial charge on any atom is 0.240 e. The topological polar surface area (TPSA) is 80.6 Å². The summed E-state index contributed by atoms with van der Waals surface area (Å²) in [4.78, 5) is 0.187. The summed E-state index contributed by atoms with van der Waals surface area (Å²) in [5, 5.41) is 11.4. The third-order valence-corrected chi connectivity index (χ3v) is 6.15. The minimum absolute atomic E-state index is 0.0890. The molecule has 6 nitrogen and oxygen atoms in total. The Kier molecular flexibility index (Phi) is 4.22. The highest BCUT2D eigenvalue weighted by atomic mass is 32.2. The van der Waals surface area contributed by atoms with E-state index in [0.717, 1.165) is 22.2 Å². The summed E-state index contributed by atoms with van der Waals surface area (Å²) >= 11 is 0. The number of aliphatic hydroxyl groups is 1. The first-order chi connectivity index (χ1) is 12.4. The molecule has 0 unspecified atom stereocenters. The molecule has 7 heteroatoms. The molecular weight excluding hydrogens is 352 g/mol. The first kappa shape index (κ1) is 17.1. The lowest BCUT2D eigenvalue weighted by atomic mass is 10.1. The summed E-state index contributed by atoms with van der Waals surface area (Å²) in [5.74, 6) is 0.736. The van der Waals surface area contributed by atoms with E-state index in [1.807, 2.05) is 42.1 Å². The van der Waals surface area contributed by atoms with Crippen LogP contribution in [-0.2, 0) is 23.5 Å². The van der Waals surface area contributed by atoms with Crippen molar-refractivity contribution < 1.29 is 18.3 Å². The summed E-state index contributed by atoms with van der Waals surface area (Å²) < 4.78 is 34.9. The van der Waals surface area contributed by atoms with Crippen molar-refractivity contribution in [2.75, 3.05) is 13.2 Å². The highest BCUT2D eigenvalue weighted by Gasteiger charge is 2.20. The van der Waals surface area contributed by atoms with Crippen LogP contribution in [-0.4, -0.2) is 31.2 Å². The normalized spacial score (nSPS) is 15.0. The van der Waals surface area contributed by atoms with E-state index in [4.69, 9.17) is 4.74 Å². The Morgan fingerprint density at radius 1 is 1.23 bits per heavy atom. The molecule has 0 fully saturated rings. The molecule has 1 aromatic heterocycles. The molecule has 4 rings (SSSR count). The van der Waals surface area contributed by atoms with E-state index in [2.05, 4.69) is 4.72 Å². The summed E-state index contributed by atoms with van der Waals surface area (Å²) in [6, 6.07) is 12.4. The van der Waals surface area contributed by atoms with Gasteiger partial charge in [0.2, 0.25) is 10.0 Å². The van der Waals surface area contributed by atoms with Gasteiger partial charge in [-0.2, -0.15) is 0 Å². The Morgan fingerprint density at radius 2 is 2.08 bits per heavy atom. The molecule has 26 heavy (non-hydrogen) atoms. The van der Waals surface area contributed by atoms with Gasteiger partial charge in [-0.25, -0.2) is 13.1 Å². The lowest BCUT2D eigenvalue weighted by molar-refractivity contribution is 0.182. The molecule has 1 aliphatic rings. The van der Waals surface area contributed by atoms with Crippen LogP contribution < -0.4 is 9.46 Å². The fourth-order valence-electron chi connectivity index (χ4n) is 3.23. The van der Waals surface area contributed by atoms with Crippen LogP contribution in [0.5, 0.6) is 5.75 Å². The van der Waals surface area contributed by atoms with Crippen LogP contribution in [0, 0.1) is 0 Å². The number of aromatic nitrogens is 1. The number of sulfonamides is 1. The number of ether oxygens (including phenoxy) is 1. The van der Waals surface area contributed by atoms with Gasteiger partial charge in [-0.3, -0.25) is 0 Å². The second-order valence-electron chi connectivity index (χ2n) is 6.48. The predicted molar refractivity (Wildman–Crippen MR) is 98.7 cm³/mol. The Labute approximate surface area is 152 Å². The SMILES string of the molecule is Cn1ccc2cc([C@H](O)CNS(=O)(=O)c3ccc4c(c3)CCO4)ccc21. The van der Waals surface area contributed by atoms with Gasteiger partial charge in [0, 0.05) is 31.7 Å². The Balaban J connectivity index is 1.49. The first-order valence-corrected chi connectivity index (χ1v) is 9.91. The minimum atomic E-state index is -3.69. The second kappa shape index (κ2) is 6.42. The van der Waals surface area contributed by atoms with Gasteiger partial charge in [-0.05, 0) is 52.9 Å². The van der Waals surface area contributed by atoms with E-state index in [1.165, 1.54) is 6.07 Å². The predicted octanol–water partition coefficient (Wildman–Crippen LogP) is 2.13. The zero-order valence-electron chi connectivity index (χ0n) is 14.3. The number of aliphatic hydroxyl groups excluding tert-OH is 1. The molecule has 2 heterocycles. The monoisotopic (exact) mass is 372 g/mol. The molecular formula is C19H20N2O4S. The summed E-state index contributed by atoms with van der Waals surface area (Å²) in [5.41, 5.74) is 2.62. The number of fused-ring (bicyclic) bond motifs is 2. The lowest BCUT2D eigenvalue weighted by Crippen LogP contribution is -2.28. The number of nitrogens with one attached hydrogen (secondary N) is 1. The van der Waals surface area contributed by atoms with E-state index in [1.54, 1.807) is 12.1 Å². The van der Waals surface area contributed by atoms with Gasteiger partial charge in [0.25, 0.3) is 0 Å². The summed E-state index contributed by atoms with van der Waals surface area (Å²) in [6.45, 7) is 0.487. The molecule has 2 N–H and O–H groups in total. The molecule has 0 saturated carbocycles. The van der Waals surface area contributed by atoms with Crippen molar-refractivity contribution in [1.29, 1.82) is 0 Å². The number of nitrogens with zero attached hydrogens (tertiary/aromatic N) is 1. The molecule has 1 atom stereocenters. The molecule has 3 aromatic rings. The van der Waals surface area contributed by atoms with E-state index in [9.17, 15) is 13.5 Å². The average Bonchev–Trinajstić information content (AvgIpc) is 3.25. The lowest BCUT2D eigenvalue weighted by Gasteiger charge is -2.13. The van der Waals surface area contributed by atoms with E-state index >= 15 is 0 Å². The van der Waals surface area contributed by atoms with Crippen LogP contribution >= 0.6 is 0 Å². The zero-order chi connectivity index (χ0) is 18.3. The Morgan fingerprint density at radius 3 is 2.92 bits per heavy atom. The van der Waals surface area contributed by atoms with Gasteiger partial charge in [-0.15, -0.1) is 0 Å². The van der Waals surface area contributed by atoms with E-state index in [-0.39, 0.29) is 11.4 Å². The van der Waals surface area contributed by atoms with Gasteiger partial charge in [0.15, 0.2) is 0 Å². The third kappa shape index (κ3) is 3.09. The number of aryl methyl sites for hydroxylation is 1. The molecule has 0 spiro atoms. The number of hydrogen-bond donors (Lipinski definition) is 2. The molecule has 1 aliphatic heterocycles. The van der Waals surface area contributed by atoms with Crippen LogP contribution in [0.25, 0.3) is 10.9 Å². The van der Waals surface area contributed by atoms with Gasteiger partial charge < -0.3 is 14.4 Å². The summed E-state index contributed by atoms with van der Waals surface area (Å²) in [6.07, 6.45) is 1.73. The van der Waals surface area contributed by atoms with Gasteiger partial charge in [0.05, 0.1) is 17.6 Å². The van der Waals surface area contributed by atoms with Gasteiger partial charge >= 0.3 is 0 Å². The van der Waals surface area contributed by atoms with Crippen molar-refractivity contribution in [3.63, 3.8) is 0 Å². The van der Waals surface area contributed by atoms with Crippen molar-refractivity contribution in [1.82, 2.24) is 9.29 Å². The molecule has 0 amide bonds. The maximum atomic E-state index is 12.5. The molecule has 0 bridgehead atoms. The van der Waals surface area contributed by atoms with Crippen LogP contribution in [0.1, 0.15) is 17.2 Å². The van der Waals surface area contributed by atoms with Crippen molar-refractivity contribution in [2.45, 2.75) is 17.4 Å². The van der Waals surface area contributed by atoms with Crippen molar-refractivity contribution in [3.8, 4) is 5.75 Å². The van der Waals surface area contributed by atoms with Crippen LogP contribution in [0.4, 0.5) is 0 Å². The van der Waals surface area contributed by atoms with Crippen molar-refractivity contribution in [2.24, 2.45) is 7.05 Å². The van der Waals surface area contributed by atoms with Crippen LogP contribution in [0.3, 0.4) is 0 Å². The molecule has 136 valence electrons. The highest BCUT2D eigenvalue weighted by Crippen LogP contribution is 2.27. The van der Waals surface area contributed by atoms with E-state index < -0.39 is 16.1 Å². The fourth-order valence-corrected chi connectivity index (χ4v) is 4.32. The standard InChI is InChI=1S/C19H20N2O4S/c1-21-8-6-13-10-14(2-4-17(13)21)18(22)12-20-26(23,24)16-3-5-19-15(11-16)7-9-25-19/h2-6,8,10-11,18,20,22H,7,9,12H2,1H3/t18-/m1/s1. The fraction of sp³-hybridized carbons (Fsp3) is 0.263. The van der Waals surface area contributed by atoms with E-state index in [0.29, 0.717) is 18.6 Å². The number of benzene rings is 2.